The van der Waals surface area contributed by atoms with Crippen LogP contribution in [-0.2, 0) is 13.6 Å². The van der Waals surface area contributed by atoms with Gasteiger partial charge < -0.3 is 10.6 Å². The quantitative estimate of drug-likeness (QED) is 0.823. The first kappa shape index (κ1) is 11.6. The van der Waals surface area contributed by atoms with Crippen molar-refractivity contribution in [1.82, 2.24) is 14.7 Å². The molecule has 1 fully saturated rings. The molecule has 0 aliphatic heterocycles. The molecule has 2 N–H and O–H groups in total. The topological polar surface area (TPSA) is 47.1 Å². The molecule has 1 aromatic heterocycles. The molecule has 0 aromatic carbocycles. The minimum absolute atomic E-state index is 0.456. The van der Waals surface area contributed by atoms with E-state index in [1.807, 2.05) is 18.7 Å². The Balaban J connectivity index is 1.82. The van der Waals surface area contributed by atoms with Crippen molar-refractivity contribution in [2.75, 3.05) is 13.6 Å². The van der Waals surface area contributed by atoms with Crippen LogP contribution in [0.2, 0.25) is 0 Å². The van der Waals surface area contributed by atoms with Crippen LogP contribution in [0.25, 0.3) is 0 Å². The maximum atomic E-state index is 5.79. The number of nitrogens with two attached hydrogens (primary N) is 1. The molecule has 1 aliphatic rings. The van der Waals surface area contributed by atoms with E-state index >= 15 is 0 Å². The zero-order chi connectivity index (χ0) is 11.7. The normalized spacial score (nSPS) is 24.8. The van der Waals surface area contributed by atoms with Crippen molar-refractivity contribution in [3.8, 4) is 0 Å². The zero-order valence-electron chi connectivity index (χ0n) is 10.5. The summed E-state index contributed by atoms with van der Waals surface area (Å²) in [7, 11) is 4.18. The lowest BCUT2D eigenvalue weighted by Crippen LogP contribution is -2.41. The molecular formula is C12H22N4. The van der Waals surface area contributed by atoms with Gasteiger partial charge in [-0.1, -0.05) is 0 Å². The highest BCUT2D eigenvalue weighted by Crippen LogP contribution is 2.26. The van der Waals surface area contributed by atoms with Gasteiger partial charge in [0.25, 0.3) is 0 Å². The smallest absolute Gasteiger partial charge is 0.0597 e. The number of rotatable bonds is 4. The van der Waals surface area contributed by atoms with Crippen LogP contribution < -0.4 is 5.73 Å². The zero-order valence-corrected chi connectivity index (χ0v) is 10.5. The molecule has 1 aromatic rings. The Bertz CT molecular complexity index is 352. The fraction of sp³-hybridized carbons (Fsp3) is 0.750. The van der Waals surface area contributed by atoms with Gasteiger partial charge in [0, 0.05) is 26.2 Å². The Kier molecular flexibility index (Phi) is 3.30. The summed E-state index contributed by atoms with van der Waals surface area (Å²) in [6.45, 7) is 4.16. The molecule has 0 bridgehead atoms. The summed E-state index contributed by atoms with van der Waals surface area (Å²) in [6.07, 6.45) is 2.38. The Labute approximate surface area is 97.4 Å². The second-order valence-corrected chi connectivity index (χ2v) is 5.19. The molecule has 0 radical (unpaired) electrons. The van der Waals surface area contributed by atoms with Crippen LogP contribution in [-0.4, -0.2) is 34.3 Å². The fourth-order valence-corrected chi connectivity index (χ4v) is 2.53. The molecule has 1 heterocycles. The predicted octanol–water partition coefficient (Wildman–Crippen LogP) is 0.898. The molecule has 1 aliphatic carbocycles. The molecule has 16 heavy (non-hydrogen) atoms. The van der Waals surface area contributed by atoms with Gasteiger partial charge in [-0.05, 0) is 38.8 Å². The number of aromatic nitrogens is 2. The van der Waals surface area contributed by atoms with E-state index in [4.69, 9.17) is 5.73 Å². The van der Waals surface area contributed by atoms with Gasteiger partial charge in [0.15, 0.2) is 0 Å². The van der Waals surface area contributed by atoms with Gasteiger partial charge in [-0.3, -0.25) is 4.68 Å². The maximum Gasteiger partial charge on any atom is 0.0597 e. The van der Waals surface area contributed by atoms with E-state index in [0.29, 0.717) is 6.04 Å². The minimum Gasteiger partial charge on any atom is -0.328 e. The van der Waals surface area contributed by atoms with Gasteiger partial charge >= 0.3 is 0 Å². The van der Waals surface area contributed by atoms with Crippen molar-refractivity contribution in [3.63, 3.8) is 0 Å². The first-order valence-electron chi connectivity index (χ1n) is 5.98. The standard InChI is InChI=1S/C12H22N4/c1-9-4-12(16(3)14-9)8-15(2)7-10-5-11(13)6-10/h4,10-11H,5-8,13H2,1-3H3. The van der Waals surface area contributed by atoms with Crippen LogP contribution in [0.1, 0.15) is 24.2 Å². The summed E-state index contributed by atoms with van der Waals surface area (Å²) in [5.74, 6) is 0.800. The SMILES string of the molecule is Cc1cc(CN(C)CC2CC(N)C2)n(C)n1. The number of hydrogen-bond donors (Lipinski definition) is 1. The van der Waals surface area contributed by atoms with Crippen molar-refractivity contribution in [2.24, 2.45) is 18.7 Å². The van der Waals surface area contributed by atoms with Crippen LogP contribution in [0, 0.1) is 12.8 Å². The summed E-state index contributed by atoms with van der Waals surface area (Å²) in [5.41, 5.74) is 8.17. The van der Waals surface area contributed by atoms with Crippen molar-refractivity contribution < 1.29 is 0 Å². The third-order valence-electron chi connectivity index (χ3n) is 3.37. The molecule has 4 nitrogen and oxygen atoms in total. The lowest BCUT2D eigenvalue weighted by atomic mass is 9.80. The molecule has 4 heteroatoms. The fourth-order valence-electron chi connectivity index (χ4n) is 2.53. The molecule has 1 saturated carbocycles. The Morgan fingerprint density at radius 3 is 2.75 bits per heavy atom. The van der Waals surface area contributed by atoms with Crippen LogP contribution >= 0.6 is 0 Å². The van der Waals surface area contributed by atoms with Crippen LogP contribution in [0.4, 0.5) is 0 Å². The molecule has 0 saturated heterocycles. The number of hydrogen-bond acceptors (Lipinski definition) is 3. The lowest BCUT2D eigenvalue weighted by Gasteiger charge is -2.35. The van der Waals surface area contributed by atoms with Gasteiger partial charge in [0.2, 0.25) is 0 Å². The van der Waals surface area contributed by atoms with Gasteiger partial charge in [0.1, 0.15) is 0 Å². The van der Waals surface area contributed by atoms with E-state index < -0.39 is 0 Å². The van der Waals surface area contributed by atoms with E-state index in [2.05, 4.69) is 23.1 Å². The van der Waals surface area contributed by atoms with Crippen LogP contribution in [0.3, 0.4) is 0 Å². The largest absolute Gasteiger partial charge is 0.328 e. The summed E-state index contributed by atoms with van der Waals surface area (Å²) >= 11 is 0. The van der Waals surface area contributed by atoms with E-state index in [1.54, 1.807) is 0 Å². The third-order valence-corrected chi connectivity index (χ3v) is 3.37. The van der Waals surface area contributed by atoms with E-state index in [9.17, 15) is 0 Å². The first-order chi connectivity index (χ1) is 7.54. The Morgan fingerprint density at radius 2 is 2.25 bits per heavy atom. The number of nitrogens with zero attached hydrogens (tertiary/aromatic N) is 3. The van der Waals surface area contributed by atoms with Crippen molar-refractivity contribution in [3.05, 3.63) is 17.5 Å². The first-order valence-corrected chi connectivity index (χ1v) is 5.98. The highest BCUT2D eigenvalue weighted by atomic mass is 15.3. The van der Waals surface area contributed by atoms with E-state index in [0.717, 1.165) is 24.7 Å². The van der Waals surface area contributed by atoms with Crippen LogP contribution in [0.15, 0.2) is 6.07 Å². The summed E-state index contributed by atoms with van der Waals surface area (Å²) in [5, 5.41) is 4.36. The highest BCUT2D eigenvalue weighted by Gasteiger charge is 2.26. The molecule has 2 rings (SSSR count). The van der Waals surface area contributed by atoms with Crippen LogP contribution in [0.5, 0.6) is 0 Å². The Morgan fingerprint density at radius 1 is 1.56 bits per heavy atom. The van der Waals surface area contributed by atoms with Gasteiger partial charge in [-0.25, -0.2) is 0 Å². The van der Waals surface area contributed by atoms with E-state index in [1.165, 1.54) is 18.5 Å². The minimum atomic E-state index is 0.456. The van der Waals surface area contributed by atoms with E-state index in [-0.39, 0.29) is 0 Å². The maximum absolute atomic E-state index is 5.79. The average Bonchev–Trinajstić information content (AvgIpc) is 2.42. The molecular weight excluding hydrogens is 200 g/mol. The number of aryl methyl sites for hydroxylation is 2. The van der Waals surface area contributed by atoms with Gasteiger partial charge in [-0.2, -0.15) is 5.10 Å². The Hall–Kier alpha value is -0.870. The molecule has 0 unspecified atom stereocenters. The summed E-state index contributed by atoms with van der Waals surface area (Å²) in [6, 6.07) is 2.61. The second kappa shape index (κ2) is 4.55. The molecule has 0 atom stereocenters. The van der Waals surface area contributed by atoms with Crippen molar-refractivity contribution >= 4 is 0 Å². The monoisotopic (exact) mass is 222 g/mol. The predicted molar refractivity (Wildman–Crippen MR) is 65.0 cm³/mol. The molecule has 90 valence electrons. The highest BCUT2D eigenvalue weighted by molar-refractivity contribution is 5.08. The lowest BCUT2D eigenvalue weighted by molar-refractivity contribution is 0.176. The summed E-state index contributed by atoms with van der Waals surface area (Å²) in [4.78, 5) is 2.37. The third kappa shape index (κ3) is 2.62. The van der Waals surface area contributed by atoms with Crippen molar-refractivity contribution in [1.29, 1.82) is 0 Å². The van der Waals surface area contributed by atoms with Gasteiger partial charge in [0.05, 0.1) is 11.4 Å². The van der Waals surface area contributed by atoms with Crippen molar-refractivity contribution in [2.45, 2.75) is 32.4 Å². The molecule has 0 amide bonds. The molecule has 0 spiro atoms. The second-order valence-electron chi connectivity index (χ2n) is 5.19. The van der Waals surface area contributed by atoms with Gasteiger partial charge in [-0.15, -0.1) is 0 Å². The summed E-state index contributed by atoms with van der Waals surface area (Å²) < 4.78 is 1.97. The average molecular weight is 222 g/mol.